The average molecular weight is 251 g/mol. The second-order valence-corrected chi connectivity index (χ2v) is 6.61. The second kappa shape index (κ2) is 6.20. The molecule has 0 fully saturated rings. The van der Waals surface area contributed by atoms with Crippen molar-refractivity contribution in [1.82, 2.24) is 4.72 Å². The first kappa shape index (κ1) is 15.4. The molecule has 0 aromatic rings. The summed E-state index contributed by atoms with van der Waals surface area (Å²) in [5, 5.41) is 8.89. The number of hydrogen-bond acceptors (Lipinski definition) is 3. The van der Waals surface area contributed by atoms with E-state index in [-0.39, 0.29) is 17.6 Å². The first-order valence-electron chi connectivity index (χ1n) is 5.37. The van der Waals surface area contributed by atoms with Crippen LogP contribution >= 0.6 is 0 Å². The monoisotopic (exact) mass is 251 g/mol. The van der Waals surface area contributed by atoms with Crippen LogP contribution < -0.4 is 4.72 Å². The molecule has 0 aliphatic heterocycles. The van der Waals surface area contributed by atoms with Gasteiger partial charge in [0.05, 0.1) is 5.75 Å². The van der Waals surface area contributed by atoms with Crippen molar-refractivity contribution in [3.05, 3.63) is 0 Å². The van der Waals surface area contributed by atoms with Crippen molar-refractivity contribution in [2.24, 2.45) is 11.8 Å². The molecule has 0 rings (SSSR count). The maximum Gasteiger partial charge on any atom is 0.321 e. The van der Waals surface area contributed by atoms with Crippen molar-refractivity contribution >= 4 is 16.0 Å². The third-order valence-corrected chi connectivity index (χ3v) is 3.63. The van der Waals surface area contributed by atoms with E-state index in [1.54, 1.807) is 13.8 Å². The lowest BCUT2D eigenvalue weighted by Crippen LogP contribution is -2.43. The molecule has 0 bridgehead atoms. The van der Waals surface area contributed by atoms with Gasteiger partial charge in [0.15, 0.2) is 0 Å². The van der Waals surface area contributed by atoms with Crippen LogP contribution in [-0.4, -0.2) is 31.3 Å². The molecule has 1 unspecified atom stereocenters. The van der Waals surface area contributed by atoms with Gasteiger partial charge < -0.3 is 5.11 Å². The molecule has 0 heterocycles. The molecule has 0 aliphatic carbocycles. The number of sulfonamides is 1. The summed E-state index contributed by atoms with van der Waals surface area (Å²) in [5.41, 5.74) is 0. The van der Waals surface area contributed by atoms with Crippen molar-refractivity contribution in [2.75, 3.05) is 5.75 Å². The number of aliphatic carboxylic acids is 1. The average Bonchev–Trinajstić information content (AvgIpc) is 1.98. The third-order valence-electron chi connectivity index (χ3n) is 1.88. The molecular weight excluding hydrogens is 230 g/mol. The normalized spacial score (nSPS) is 14.4. The van der Waals surface area contributed by atoms with Crippen LogP contribution in [0.15, 0.2) is 0 Å². The Kier molecular flexibility index (Phi) is 5.96. The largest absolute Gasteiger partial charge is 0.480 e. The van der Waals surface area contributed by atoms with Crippen LogP contribution in [-0.2, 0) is 14.8 Å². The predicted octanol–water partition coefficient (Wildman–Crippen LogP) is 1.06. The highest BCUT2D eigenvalue weighted by molar-refractivity contribution is 7.89. The molecule has 16 heavy (non-hydrogen) atoms. The van der Waals surface area contributed by atoms with Crippen LogP contribution in [0.3, 0.4) is 0 Å². The molecule has 0 saturated heterocycles. The predicted molar refractivity (Wildman–Crippen MR) is 62.6 cm³/mol. The van der Waals surface area contributed by atoms with E-state index in [4.69, 9.17) is 5.11 Å². The minimum atomic E-state index is -3.50. The van der Waals surface area contributed by atoms with Crippen LogP contribution in [0.25, 0.3) is 0 Å². The third kappa shape index (κ3) is 6.79. The molecule has 0 amide bonds. The van der Waals surface area contributed by atoms with E-state index in [1.165, 1.54) is 0 Å². The Labute approximate surface area is 97.3 Å². The van der Waals surface area contributed by atoms with Gasteiger partial charge in [0, 0.05) is 0 Å². The Hall–Kier alpha value is -0.620. The van der Waals surface area contributed by atoms with Crippen molar-refractivity contribution in [3.63, 3.8) is 0 Å². The minimum Gasteiger partial charge on any atom is -0.480 e. The molecule has 6 heteroatoms. The van der Waals surface area contributed by atoms with Gasteiger partial charge in [-0.3, -0.25) is 4.79 Å². The first-order valence-corrected chi connectivity index (χ1v) is 7.02. The Morgan fingerprint density at radius 2 is 1.69 bits per heavy atom. The summed E-state index contributed by atoms with van der Waals surface area (Å²) < 4.78 is 25.4. The minimum absolute atomic E-state index is 0.0222. The van der Waals surface area contributed by atoms with Crippen LogP contribution in [0.2, 0.25) is 0 Å². The number of carbonyl (C=O) groups is 1. The lowest BCUT2D eigenvalue weighted by Gasteiger charge is -2.17. The zero-order valence-corrected chi connectivity index (χ0v) is 11.0. The summed E-state index contributed by atoms with van der Waals surface area (Å²) in [6.07, 6.45) is 0.298. The molecule has 0 aromatic heterocycles. The number of hydrogen-bond donors (Lipinski definition) is 2. The molecule has 2 N–H and O–H groups in total. The smallest absolute Gasteiger partial charge is 0.321 e. The zero-order valence-electron chi connectivity index (χ0n) is 10.2. The molecule has 0 radical (unpaired) electrons. The Bertz CT molecular complexity index is 322. The van der Waals surface area contributed by atoms with Crippen LogP contribution in [0.4, 0.5) is 0 Å². The molecule has 0 aliphatic rings. The summed E-state index contributed by atoms with van der Waals surface area (Å²) in [6, 6.07) is -1.02. The van der Waals surface area contributed by atoms with E-state index < -0.39 is 22.0 Å². The first-order chi connectivity index (χ1) is 7.14. The summed E-state index contributed by atoms with van der Waals surface area (Å²) in [6.45, 7) is 7.26. The SMILES string of the molecule is CC(C)CC(NS(=O)(=O)CC(C)C)C(=O)O. The van der Waals surface area contributed by atoms with E-state index in [1.807, 2.05) is 13.8 Å². The summed E-state index contributed by atoms with van der Waals surface area (Å²) in [7, 11) is -3.50. The van der Waals surface area contributed by atoms with Gasteiger partial charge in [0.1, 0.15) is 6.04 Å². The fourth-order valence-electron chi connectivity index (χ4n) is 1.37. The lowest BCUT2D eigenvalue weighted by molar-refractivity contribution is -0.139. The van der Waals surface area contributed by atoms with Gasteiger partial charge in [-0.05, 0) is 18.3 Å². The highest BCUT2D eigenvalue weighted by Gasteiger charge is 2.25. The molecular formula is C10H21NO4S. The van der Waals surface area contributed by atoms with E-state index in [2.05, 4.69) is 4.72 Å². The molecule has 0 aromatic carbocycles. The summed E-state index contributed by atoms with van der Waals surface area (Å²) >= 11 is 0. The van der Waals surface area contributed by atoms with Crippen molar-refractivity contribution in [2.45, 2.75) is 40.2 Å². The zero-order chi connectivity index (χ0) is 12.9. The van der Waals surface area contributed by atoms with Gasteiger partial charge in [0.25, 0.3) is 0 Å². The number of carboxylic acid groups (broad SMARTS) is 1. The van der Waals surface area contributed by atoms with Gasteiger partial charge >= 0.3 is 5.97 Å². The number of carboxylic acids is 1. The standard InChI is InChI=1S/C10H21NO4S/c1-7(2)5-9(10(12)13)11-16(14,15)6-8(3)4/h7-9,11H,5-6H2,1-4H3,(H,12,13). The highest BCUT2D eigenvalue weighted by atomic mass is 32.2. The summed E-state index contributed by atoms with van der Waals surface area (Å²) in [4.78, 5) is 10.9. The molecule has 0 saturated carbocycles. The van der Waals surface area contributed by atoms with Crippen LogP contribution in [0.5, 0.6) is 0 Å². The molecule has 5 nitrogen and oxygen atoms in total. The molecule has 1 atom stereocenters. The van der Waals surface area contributed by atoms with Crippen molar-refractivity contribution in [3.8, 4) is 0 Å². The van der Waals surface area contributed by atoms with Crippen molar-refractivity contribution < 1.29 is 18.3 Å². The van der Waals surface area contributed by atoms with E-state index in [0.29, 0.717) is 6.42 Å². The van der Waals surface area contributed by atoms with E-state index in [9.17, 15) is 13.2 Å². The Balaban J connectivity index is 4.57. The maximum absolute atomic E-state index is 11.6. The fourth-order valence-corrected chi connectivity index (χ4v) is 2.98. The number of rotatable bonds is 7. The maximum atomic E-state index is 11.6. The van der Waals surface area contributed by atoms with Crippen LogP contribution in [0, 0.1) is 11.8 Å². The lowest BCUT2D eigenvalue weighted by atomic mass is 10.1. The summed E-state index contributed by atoms with van der Waals surface area (Å²) in [5.74, 6) is -1.07. The fraction of sp³-hybridized carbons (Fsp3) is 0.900. The Morgan fingerprint density at radius 3 is 2.00 bits per heavy atom. The van der Waals surface area contributed by atoms with Gasteiger partial charge in [-0.15, -0.1) is 0 Å². The van der Waals surface area contributed by atoms with E-state index in [0.717, 1.165) is 0 Å². The second-order valence-electron chi connectivity index (χ2n) is 4.81. The van der Waals surface area contributed by atoms with Gasteiger partial charge in [-0.25, -0.2) is 13.1 Å². The molecule has 96 valence electrons. The van der Waals surface area contributed by atoms with Gasteiger partial charge in [-0.2, -0.15) is 0 Å². The quantitative estimate of drug-likeness (QED) is 0.708. The topological polar surface area (TPSA) is 83.5 Å². The highest BCUT2D eigenvalue weighted by Crippen LogP contribution is 2.07. The number of nitrogens with one attached hydrogen (secondary N) is 1. The van der Waals surface area contributed by atoms with E-state index >= 15 is 0 Å². The van der Waals surface area contributed by atoms with Crippen molar-refractivity contribution in [1.29, 1.82) is 0 Å². The van der Waals surface area contributed by atoms with Gasteiger partial charge in [-0.1, -0.05) is 27.7 Å². The van der Waals surface area contributed by atoms with Gasteiger partial charge in [0.2, 0.25) is 10.0 Å². The van der Waals surface area contributed by atoms with Crippen LogP contribution in [0.1, 0.15) is 34.1 Å². The Morgan fingerprint density at radius 1 is 1.19 bits per heavy atom. The molecule has 0 spiro atoms.